The number of rotatable bonds is 1. The van der Waals surface area contributed by atoms with E-state index in [1.165, 1.54) is 24.3 Å². The second-order valence-corrected chi connectivity index (χ2v) is 6.96. The van der Waals surface area contributed by atoms with Gasteiger partial charge in [0.1, 0.15) is 0 Å². The fourth-order valence-electron chi connectivity index (χ4n) is 3.78. The Morgan fingerprint density at radius 2 is 1.29 bits per heavy atom. The molecule has 1 aromatic carbocycles. The van der Waals surface area contributed by atoms with Crippen LogP contribution in [-0.2, 0) is 0 Å². The van der Waals surface area contributed by atoms with E-state index in [0.29, 0.717) is 5.41 Å². The lowest BCUT2D eigenvalue weighted by atomic mass is 9.87. The van der Waals surface area contributed by atoms with E-state index in [1.807, 2.05) is 27.7 Å². The summed E-state index contributed by atoms with van der Waals surface area (Å²) in [6.07, 6.45) is 0. The number of benzene rings is 1. The molecule has 1 aliphatic carbocycles. The van der Waals surface area contributed by atoms with E-state index >= 15 is 0 Å². The summed E-state index contributed by atoms with van der Waals surface area (Å²) < 4.78 is 0. The summed E-state index contributed by atoms with van der Waals surface area (Å²) in [7, 11) is 0. The lowest BCUT2D eigenvalue weighted by Crippen LogP contribution is -2.27. The Morgan fingerprint density at radius 3 is 1.67 bits per heavy atom. The predicted octanol–water partition coefficient (Wildman–Crippen LogP) is 5.78. The van der Waals surface area contributed by atoms with E-state index in [2.05, 4.69) is 56.9 Å². The number of hydrogen-bond donors (Lipinski definition) is 0. The monoisotopic (exact) mass is 289 g/mol. The normalized spacial score (nSPS) is 26.1. The average molecular weight is 290 g/mol. The Labute approximate surface area is 132 Å². The van der Waals surface area contributed by atoms with Crippen molar-refractivity contribution in [2.45, 2.75) is 55.4 Å². The zero-order valence-electron chi connectivity index (χ0n) is 15.4. The van der Waals surface area contributed by atoms with Gasteiger partial charge in [0.05, 0.1) is 0 Å². The molecule has 1 saturated heterocycles. The summed E-state index contributed by atoms with van der Waals surface area (Å²) in [5, 5.41) is 0. The second kappa shape index (κ2) is 7.33. The number of piperidine rings is 1. The summed E-state index contributed by atoms with van der Waals surface area (Å²) in [4.78, 5) is 2.57. The molecule has 21 heavy (non-hydrogen) atoms. The summed E-state index contributed by atoms with van der Waals surface area (Å²) in [6, 6.07) is 8.99. The number of fused-ring (bicyclic) bond motifs is 1. The van der Waals surface area contributed by atoms with Crippen molar-refractivity contribution in [3.05, 3.63) is 29.8 Å². The molecule has 1 saturated carbocycles. The third kappa shape index (κ3) is 4.02. The zero-order chi connectivity index (χ0) is 16.2. The van der Waals surface area contributed by atoms with Crippen molar-refractivity contribution in [3.63, 3.8) is 0 Å². The molecule has 1 heteroatoms. The summed E-state index contributed by atoms with van der Waals surface area (Å²) in [6.45, 7) is 19.9. The van der Waals surface area contributed by atoms with Crippen LogP contribution in [0, 0.1) is 30.1 Å². The van der Waals surface area contributed by atoms with Crippen molar-refractivity contribution in [2.75, 3.05) is 18.0 Å². The molecule has 2 unspecified atom stereocenters. The summed E-state index contributed by atoms with van der Waals surface area (Å²) >= 11 is 0. The van der Waals surface area contributed by atoms with Gasteiger partial charge in [0.15, 0.2) is 0 Å². The molecule has 0 N–H and O–H groups in total. The highest BCUT2D eigenvalue weighted by Gasteiger charge is 2.59. The smallest absolute Gasteiger partial charge is 0.0366 e. The molecule has 1 heterocycles. The van der Waals surface area contributed by atoms with Crippen LogP contribution in [0.25, 0.3) is 0 Å². The summed E-state index contributed by atoms with van der Waals surface area (Å²) in [5.74, 6) is 2.87. The Kier molecular flexibility index (Phi) is 6.31. The molecule has 3 rings (SSSR count). The fraction of sp³-hybridized carbons (Fsp3) is 0.700. The maximum Gasteiger partial charge on any atom is 0.0366 e. The van der Waals surface area contributed by atoms with Gasteiger partial charge in [0.2, 0.25) is 0 Å². The van der Waals surface area contributed by atoms with Crippen LogP contribution in [0.3, 0.4) is 0 Å². The second-order valence-electron chi connectivity index (χ2n) is 6.96. The topological polar surface area (TPSA) is 3.24 Å². The average Bonchev–Trinajstić information content (AvgIpc) is 3.02. The molecule has 1 aromatic rings. The van der Waals surface area contributed by atoms with Gasteiger partial charge in [0, 0.05) is 18.8 Å². The van der Waals surface area contributed by atoms with Crippen molar-refractivity contribution >= 4 is 5.69 Å². The molecule has 0 aromatic heterocycles. The van der Waals surface area contributed by atoms with Gasteiger partial charge in [-0.05, 0) is 42.2 Å². The number of hydrogen-bond acceptors (Lipinski definition) is 1. The SMILES string of the molecule is CC.CC.Cc1ccc(N2CC3C(C2)C3C(C)(C)C)cc1. The van der Waals surface area contributed by atoms with Crippen LogP contribution in [0.2, 0.25) is 0 Å². The summed E-state index contributed by atoms with van der Waals surface area (Å²) in [5.41, 5.74) is 3.27. The van der Waals surface area contributed by atoms with Gasteiger partial charge in [-0.1, -0.05) is 66.2 Å². The van der Waals surface area contributed by atoms with Crippen LogP contribution < -0.4 is 4.90 Å². The Balaban J connectivity index is 0.000000510. The third-order valence-corrected chi connectivity index (χ3v) is 4.59. The molecule has 2 atom stereocenters. The highest BCUT2D eigenvalue weighted by atomic mass is 15.2. The van der Waals surface area contributed by atoms with Gasteiger partial charge >= 0.3 is 0 Å². The van der Waals surface area contributed by atoms with Crippen molar-refractivity contribution in [1.82, 2.24) is 0 Å². The number of aryl methyl sites for hydroxylation is 1. The van der Waals surface area contributed by atoms with Crippen LogP contribution in [0.1, 0.15) is 54.0 Å². The maximum atomic E-state index is 2.57. The van der Waals surface area contributed by atoms with Gasteiger partial charge < -0.3 is 4.90 Å². The Morgan fingerprint density at radius 1 is 0.857 bits per heavy atom. The van der Waals surface area contributed by atoms with Gasteiger partial charge in [-0.25, -0.2) is 0 Å². The van der Waals surface area contributed by atoms with Gasteiger partial charge in [0.25, 0.3) is 0 Å². The molecule has 0 radical (unpaired) electrons. The van der Waals surface area contributed by atoms with Crippen LogP contribution >= 0.6 is 0 Å². The van der Waals surface area contributed by atoms with E-state index in [0.717, 1.165) is 17.8 Å². The minimum atomic E-state index is 0.509. The van der Waals surface area contributed by atoms with Crippen LogP contribution in [0.15, 0.2) is 24.3 Å². The molecule has 0 amide bonds. The van der Waals surface area contributed by atoms with E-state index in [1.54, 1.807) is 0 Å². The molecule has 1 aliphatic heterocycles. The molecule has 1 nitrogen and oxygen atoms in total. The van der Waals surface area contributed by atoms with Gasteiger partial charge in [-0.2, -0.15) is 0 Å². The lowest BCUT2D eigenvalue weighted by Gasteiger charge is -2.27. The van der Waals surface area contributed by atoms with Crippen molar-refractivity contribution in [1.29, 1.82) is 0 Å². The van der Waals surface area contributed by atoms with Crippen LogP contribution in [0.4, 0.5) is 5.69 Å². The lowest BCUT2D eigenvalue weighted by molar-refractivity contribution is 0.309. The van der Waals surface area contributed by atoms with E-state index in [4.69, 9.17) is 0 Å². The van der Waals surface area contributed by atoms with Gasteiger partial charge in [-0.15, -0.1) is 0 Å². The van der Waals surface area contributed by atoms with Crippen LogP contribution in [0.5, 0.6) is 0 Å². The Bertz CT molecular complexity index is 400. The largest absolute Gasteiger partial charge is 0.371 e. The Hall–Kier alpha value is -0.980. The predicted molar refractivity (Wildman–Crippen MR) is 96.0 cm³/mol. The van der Waals surface area contributed by atoms with E-state index in [-0.39, 0.29) is 0 Å². The fourth-order valence-corrected chi connectivity index (χ4v) is 3.78. The minimum Gasteiger partial charge on any atom is -0.371 e. The molecule has 2 fully saturated rings. The molecule has 0 spiro atoms. The van der Waals surface area contributed by atoms with E-state index < -0.39 is 0 Å². The first-order valence-corrected chi connectivity index (χ1v) is 8.78. The number of nitrogens with zero attached hydrogens (tertiary/aromatic N) is 1. The minimum absolute atomic E-state index is 0.509. The maximum absolute atomic E-state index is 2.57. The first kappa shape index (κ1) is 18.1. The van der Waals surface area contributed by atoms with Gasteiger partial charge in [-0.3, -0.25) is 0 Å². The molecular weight excluding hydrogens is 254 g/mol. The third-order valence-electron chi connectivity index (χ3n) is 4.59. The van der Waals surface area contributed by atoms with Crippen molar-refractivity contribution < 1.29 is 0 Å². The standard InChI is InChI=1S/C16H23N.2C2H6/c1-11-5-7-12(8-6-11)17-9-13-14(10-17)15(13)16(2,3)4;2*1-2/h5-8,13-15H,9-10H2,1-4H3;2*1-2H3. The van der Waals surface area contributed by atoms with Crippen molar-refractivity contribution in [3.8, 4) is 0 Å². The molecule has 2 aliphatic rings. The highest BCUT2D eigenvalue weighted by molar-refractivity contribution is 5.50. The first-order chi connectivity index (χ1) is 9.97. The zero-order valence-corrected chi connectivity index (χ0v) is 15.4. The first-order valence-electron chi connectivity index (χ1n) is 8.78. The molecule has 0 bridgehead atoms. The van der Waals surface area contributed by atoms with Crippen LogP contribution in [-0.4, -0.2) is 13.1 Å². The molecular formula is C20H35N. The molecule has 120 valence electrons. The highest BCUT2D eigenvalue weighted by Crippen LogP contribution is 2.60. The quantitative estimate of drug-likeness (QED) is 0.634. The number of anilines is 1. The van der Waals surface area contributed by atoms with E-state index in [9.17, 15) is 0 Å². The van der Waals surface area contributed by atoms with Crippen molar-refractivity contribution in [2.24, 2.45) is 23.2 Å².